The Balaban J connectivity index is 0.00000144. The van der Waals surface area contributed by atoms with E-state index in [1.807, 2.05) is 19.1 Å². The van der Waals surface area contributed by atoms with Gasteiger partial charge in [0.2, 0.25) is 0 Å². The average molecular weight is 270 g/mol. The summed E-state index contributed by atoms with van der Waals surface area (Å²) in [6, 6.07) is 8.21. The lowest BCUT2D eigenvalue weighted by atomic mass is 10.0. The van der Waals surface area contributed by atoms with Gasteiger partial charge in [0.15, 0.2) is 0 Å². The molecular weight excluding hydrogens is 254 g/mol. The lowest BCUT2D eigenvalue weighted by Crippen LogP contribution is -2.00. The Kier molecular flexibility index (Phi) is 5.48. The quantitative estimate of drug-likeness (QED) is 0.919. The Bertz CT molecular complexity index is 456. The molecule has 1 heterocycles. The molecule has 2 rings (SSSR count). The molecule has 0 unspecified atom stereocenters. The minimum atomic E-state index is 0. The first kappa shape index (κ1) is 14.0. The van der Waals surface area contributed by atoms with Crippen LogP contribution >= 0.6 is 23.7 Å². The van der Waals surface area contributed by atoms with Gasteiger partial charge >= 0.3 is 0 Å². The summed E-state index contributed by atoms with van der Waals surface area (Å²) < 4.78 is 5.47. The number of thiophene rings is 1. The standard InChI is InChI=1S/C13H15NOS.ClH/c1-2-15-12-3-4-13(11(7-12)8-14)10-5-6-16-9-10;/h3-7,9H,2,8,14H2,1H3;1H. The average Bonchev–Trinajstić information content (AvgIpc) is 2.83. The molecule has 0 bridgehead atoms. The van der Waals surface area contributed by atoms with Crippen LogP contribution in [0, 0.1) is 0 Å². The van der Waals surface area contributed by atoms with Gasteiger partial charge < -0.3 is 10.5 Å². The third-order valence-corrected chi connectivity index (χ3v) is 3.12. The maximum Gasteiger partial charge on any atom is 0.119 e. The van der Waals surface area contributed by atoms with Gasteiger partial charge in [-0.15, -0.1) is 12.4 Å². The maximum absolute atomic E-state index is 5.77. The molecular formula is C13H16ClNOS. The van der Waals surface area contributed by atoms with E-state index in [-0.39, 0.29) is 12.4 Å². The van der Waals surface area contributed by atoms with Crippen molar-refractivity contribution in [2.24, 2.45) is 5.73 Å². The lowest BCUT2D eigenvalue weighted by Gasteiger charge is -2.09. The van der Waals surface area contributed by atoms with Gasteiger partial charge in [-0.25, -0.2) is 0 Å². The Morgan fingerprint density at radius 1 is 1.29 bits per heavy atom. The fourth-order valence-corrected chi connectivity index (χ4v) is 2.35. The van der Waals surface area contributed by atoms with Gasteiger partial charge in [0.05, 0.1) is 6.61 Å². The second kappa shape index (κ2) is 6.64. The predicted molar refractivity (Wildman–Crippen MR) is 76.1 cm³/mol. The zero-order chi connectivity index (χ0) is 11.4. The molecule has 1 aromatic heterocycles. The molecule has 0 aliphatic rings. The second-order valence-electron chi connectivity index (χ2n) is 3.47. The molecule has 2 aromatic rings. The van der Waals surface area contributed by atoms with Gasteiger partial charge in [-0.05, 0) is 52.6 Å². The molecule has 17 heavy (non-hydrogen) atoms. The SMILES string of the molecule is CCOc1ccc(-c2ccsc2)c(CN)c1.Cl. The fourth-order valence-electron chi connectivity index (χ4n) is 1.69. The van der Waals surface area contributed by atoms with Gasteiger partial charge in [0.1, 0.15) is 5.75 Å². The molecule has 0 saturated heterocycles. The van der Waals surface area contributed by atoms with Crippen LogP contribution in [0.4, 0.5) is 0 Å². The Morgan fingerprint density at radius 3 is 2.71 bits per heavy atom. The minimum Gasteiger partial charge on any atom is -0.494 e. The van der Waals surface area contributed by atoms with Crippen LogP contribution in [0.3, 0.4) is 0 Å². The predicted octanol–water partition coefficient (Wildman–Crippen LogP) is 3.69. The van der Waals surface area contributed by atoms with Gasteiger partial charge in [0.25, 0.3) is 0 Å². The number of nitrogens with two attached hydrogens (primary N) is 1. The van der Waals surface area contributed by atoms with E-state index in [9.17, 15) is 0 Å². The van der Waals surface area contributed by atoms with Crippen LogP contribution in [-0.2, 0) is 6.54 Å². The van der Waals surface area contributed by atoms with E-state index < -0.39 is 0 Å². The molecule has 0 saturated carbocycles. The van der Waals surface area contributed by atoms with Crippen LogP contribution in [0.1, 0.15) is 12.5 Å². The van der Waals surface area contributed by atoms with Crippen LogP contribution < -0.4 is 10.5 Å². The molecule has 1 aromatic carbocycles. The minimum absolute atomic E-state index is 0. The highest BCUT2D eigenvalue weighted by molar-refractivity contribution is 7.08. The van der Waals surface area contributed by atoms with Crippen molar-refractivity contribution in [3.8, 4) is 16.9 Å². The molecule has 0 spiro atoms. The van der Waals surface area contributed by atoms with E-state index in [4.69, 9.17) is 10.5 Å². The van der Waals surface area contributed by atoms with E-state index in [1.165, 1.54) is 11.1 Å². The van der Waals surface area contributed by atoms with Crippen molar-refractivity contribution in [2.45, 2.75) is 13.5 Å². The Labute approximate surface area is 112 Å². The van der Waals surface area contributed by atoms with E-state index in [0.29, 0.717) is 13.2 Å². The molecule has 0 amide bonds. The highest BCUT2D eigenvalue weighted by Gasteiger charge is 2.05. The summed E-state index contributed by atoms with van der Waals surface area (Å²) in [5.41, 5.74) is 9.33. The molecule has 0 aliphatic carbocycles. The first-order chi connectivity index (χ1) is 7.85. The molecule has 0 aliphatic heterocycles. The van der Waals surface area contributed by atoms with Crippen molar-refractivity contribution in [2.75, 3.05) is 6.61 Å². The smallest absolute Gasteiger partial charge is 0.119 e. The first-order valence-corrected chi connectivity index (χ1v) is 6.27. The largest absolute Gasteiger partial charge is 0.494 e. The van der Waals surface area contributed by atoms with E-state index in [1.54, 1.807) is 11.3 Å². The Hall–Kier alpha value is -1.03. The summed E-state index contributed by atoms with van der Waals surface area (Å²) in [6.45, 7) is 3.20. The van der Waals surface area contributed by atoms with Crippen molar-refractivity contribution in [3.63, 3.8) is 0 Å². The number of benzene rings is 1. The van der Waals surface area contributed by atoms with Crippen LogP contribution in [0.5, 0.6) is 5.75 Å². The fraction of sp³-hybridized carbons (Fsp3) is 0.231. The monoisotopic (exact) mass is 269 g/mol. The lowest BCUT2D eigenvalue weighted by molar-refractivity contribution is 0.340. The highest BCUT2D eigenvalue weighted by Crippen LogP contribution is 2.28. The highest BCUT2D eigenvalue weighted by atomic mass is 35.5. The number of hydrogen-bond donors (Lipinski definition) is 1. The Morgan fingerprint density at radius 2 is 2.12 bits per heavy atom. The molecule has 92 valence electrons. The third kappa shape index (κ3) is 3.22. The van der Waals surface area contributed by atoms with Gasteiger partial charge in [-0.1, -0.05) is 6.07 Å². The maximum atomic E-state index is 5.77. The van der Waals surface area contributed by atoms with Crippen LogP contribution in [-0.4, -0.2) is 6.61 Å². The van der Waals surface area contributed by atoms with E-state index in [0.717, 1.165) is 11.3 Å². The molecule has 4 heteroatoms. The van der Waals surface area contributed by atoms with E-state index in [2.05, 4.69) is 22.9 Å². The summed E-state index contributed by atoms with van der Waals surface area (Å²) >= 11 is 1.70. The third-order valence-electron chi connectivity index (χ3n) is 2.44. The van der Waals surface area contributed by atoms with Crippen molar-refractivity contribution >= 4 is 23.7 Å². The van der Waals surface area contributed by atoms with Crippen LogP contribution in [0.15, 0.2) is 35.0 Å². The normalized spacial score (nSPS) is 9.76. The van der Waals surface area contributed by atoms with Crippen molar-refractivity contribution in [1.82, 2.24) is 0 Å². The molecule has 0 atom stereocenters. The van der Waals surface area contributed by atoms with Gasteiger partial charge in [0, 0.05) is 6.54 Å². The number of ether oxygens (including phenoxy) is 1. The van der Waals surface area contributed by atoms with Gasteiger partial charge in [-0.2, -0.15) is 11.3 Å². The van der Waals surface area contributed by atoms with Crippen molar-refractivity contribution in [1.29, 1.82) is 0 Å². The molecule has 2 N–H and O–H groups in total. The van der Waals surface area contributed by atoms with E-state index >= 15 is 0 Å². The summed E-state index contributed by atoms with van der Waals surface area (Å²) in [5, 5.41) is 4.21. The number of hydrogen-bond acceptors (Lipinski definition) is 3. The van der Waals surface area contributed by atoms with Gasteiger partial charge in [-0.3, -0.25) is 0 Å². The van der Waals surface area contributed by atoms with Crippen LogP contribution in [0.2, 0.25) is 0 Å². The molecule has 0 radical (unpaired) electrons. The topological polar surface area (TPSA) is 35.2 Å². The second-order valence-corrected chi connectivity index (χ2v) is 4.25. The summed E-state index contributed by atoms with van der Waals surface area (Å²) in [5.74, 6) is 0.891. The summed E-state index contributed by atoms with van der Waals surface area (Å²) in [7, 11) is 0. The molecule has 2 nitrogen and oxygen atoms in total. The van der Waals surface area contributed by atoms with Crippen LogP contribution in [0.25, 0.3) is 11.1 Å². The molecule has 0 fully saturated rings. The first-order valence-electron chi connectivity index (χ1n) is 5.33. The summed E-state index contributed by atoms with van der Waals surface area (Å²) in [4.78, 5) is 0. The van der Waals surface area contributed by atoms with Crippen molar-refractivity contribution in [3.05, 3.63) is 40.6 Å². The zero-order valence-electron chi connectivity index (χ0n) is 9.68. The number of rotatable bonds is 4. The zero-order valence-corrected chi connectivity index (χ0v) is 11.3. The van der Waals surface area contributed by atoms with Crippen molar-refractivity contribution < 1.29 is 4.74 Å². The number of halogens is 1. The summed E-state index contributed by atoms with van der Waals surface area (Å²) in [6.07, 6.45) is 0.